The molecule has 1 aliphatic rings. The number of piperazine rings is 1. The van der Waals surface area contributed by atoms with Gasteiger partial charge in [0.1, 0.15) is 0 Å². The van der Waals surface area contributed by atoms with Gasteiger partial charge in [-0.15, -0.1) is 0 Å². The molecule has 2 heterocycles. The molecule has 2 rings (SSSR count). The summed E-state index contributed by atoms with van der Waals surface area (Å²) in [5.74, 6) is 0. The SMILES string of the molecule is Cc1ccc(CN2CC(C)NCC2C)nc1. The summed E-state index contributed by atoms with van der Waals surface area (Å²) in [5, 5.41) is 3.49. The van der Waals surface area contributed by atoms with Gasteiger partial charge in [-0.25, -0.2) is 0 Å². The second-order valence-corrected chi connectivity index (χ2v) is 4.91. The van der Waals surface area contributed by atoms with Crippen molar-refractivity contribution in [3.8, 4) is 0 Å². The monoisotopic (exact) mass is 219 g/mol. The molecule has 88 valence electrons. The lowest BCUT2D eigenvalue weighted by molar-refractivity contribution is 0.137. The summed E-state index contributed by atoms with van der Waals surface area (Å²) < 4.78 is 0. The molecular weight excluding hydrogens is 198 g/mol. The quantitative estimate of drug-likeness (QED) is 0.818. The number of nitrogens with zero attached hydrogens (tertiary/aromatic N) is 2. The Morgan fingerprint density at radius 2 is 2.25 bits per heavy atom. The van der Waals surface area contributed by atoms with Gasteiger partial charge in [-0.3, -0.25) is 9.88 Å². The molecule has 0 aliphatic carbocycles. The fourth-order valence-electron chi connectivity index (χ4n) is 2.12. The number of nitrogens with one attached hydrogen (secondary N) is 1. The first-order chi connectivity index (χ1) is 7.65. The maximum atomic E-state index is 4.47. The first-order valence-corrected chi connectivity index (χ1v) is 6.04. The van der Waals surface area contributed by atoms with E-state index in [2.05, 4.69) is 48.1 Å². The highest BCUT2D eigenvalue weighted by Crippen LogP contribution is 2.11. The third-order valence-corrected chi connectivity index (χ3v) is 3.23. The zero-order valence-corrected chi connectivity index (χ0v) is 10.4. The van der Waals surface area contributed by atoms with Crippen LogP contribution in [-0.2, 0) is 6.54 Å². The fourth-order valence-corrected chi connectivity index (χ4v) is 2.12. The van der Waals surface area contributed by atoms with Crippen molar-refractivity contribution in [1.82, 2.24) is 15.2 Å². The van der Waals surface area contributed by atoms with E-state index in [0.29, 0.717) is 12.1 Å². The van der Waals surface area contributed by atoms with E-state index >= 15 is 0 Å². The standard InChI is InChI=1S/C13H21N3/c1-10-4-5-13(15-6-10)9-16-8-11(2)14-7-12(16)3/h4-6,11-12,14H,7-9H2,1-3H3. The van der Waals surface area contributed by atoms with Crippen LogP contribution in [-0.4, -0.2) is 35.1 Å². The highest BCUT2D eigenvalue weighted by molar-refractivity contribution is 5.12. The molecule has 1 aromatic rings. The number of pyridine rings is 1. The summed E-state index contributed by atoms with van der Waals surface area (Å²) in [5.41, 5.74) is 2.40. The molecule has 0 aromatic carbocycles. The van der Waals surface area contributed by atoms with Gasteiger partial charge in [-0.05, 0) is 32.4 Å². The summed E-state index contributed by atoms with van der Waals surface area (Å²) in [7, 11) is 0. The fraction of sp³-hybridized carbons (Fsp3) is 0.615. The van der Waals surface area contributed by atoms with Gasteiger partial charge in [0.2, 0.25) is 0 Å². The van der Waals surface area contributed by atoms with E-state index < -0.39 is 0 Å². The van der Waals surface area contributed by atoms with Crippen molar-refractivity contribution in [1.29, 1.82) is 0 Å². The molecule has 1 saturated heterocycles. The van der Waals surface area contributed by atoms with Crippen LogP contribution >= 0.6 is 0 Å². The molecule has 0 radical (unpaired) electrons. The van der Waals surface area contributed by atoms with Gasteiger partial charge in [0.05, 0.1) is 5.69 Å². The van der Waals surface area contributed by atoms with Crippen LogP contribution in [0.3, 0.4) is 0 Å². The minimum Gasteiger partial charge on any atom is -0.311 e. The molecule has 0 saturated carbocycles. The predicted molar refractivity (Wildman–Crippen MR) is 66.3 cm³/mol. The van der Waals surface area contributed by atoms with Crippen LogP contribution in [0.25, 0.3) is 0 Å². The summed E-state index contributed by atoms with van der Waals surface area (Å²) in [6.45, 7) is 9.73. The van der Waals surface area contributed by atoms with Gasteiger partial charge >= 0.3 is 0 Å². The molecule has 0 amide bonds. The third kappa shape index (κ3) is 2.80. The average molecular weight is 219 g/mol. The Bertz CT molecular complexity index is 334. The molecule has 16 heavy (non-hydrogen) atoms. The topological polar surface area (TPSA) is 28.2 Å². The Kier molecular flexibility index (Phi) is 3.56. The van der Waals surface area contributed by atoms with Crippen molar-refractivity contribution in [3.63, 3.8) is 0 Å². The number of aryl methyl sites for hydroxylation is 1. The van der Waals surface area contributed by atoms with Crippen molar-refractivity contribution in [3.05, 3.63) is 29.6 Å². The van der Waals surface area contributed by atoms with Crippen molar-refractivity contribution in [2.45, 2.75) is 39.4 Å². The largest absolute Gasteiger partial charge is 0.311 e. The molecule has 2 unspecified atom stereocenters. The molecular formula is C13H21N3. The van der Waals surface area contributed by atoms with E-state index in [9.17, 15) is 0 Å². The smallest absolute Gasteiger partial charge is 0.0544 e. The number of rotatable bonds is 2. The molecule has 3 nitrogen and oxygen atoms in total. The van der Waals surface area contributed by atoms with E-state index in [1.165, 1.54) is 11.3 Å². The second-order valence-electron chi connectivity index (χ2n) is 4.91. The molecule has 0 bridgehead atoms. The zero-order chi connectivity index (χ0) is 11.5. The Morgan fingerprint density at radius 1 is 1.44 bits per heavy atom. The zero-order valence-electron chi connectivity index (χ0n) is 10.4. The van der Waals surface area contributed by atoms with Crippen LogP contribution in [0, 0.1) is 6.92 Å². The van der Waals surface area contributed by atoms with Crippen molar-refractivity contribution in [2.24, 2.45) is 0 Å². The van der Waals surface area contributed by atoms with Crippen LogP contribution < -0.4 is 5.32 Å². The molecule has 1 N–H and O–H groups in total. The molecule has 1 aliphatic heterocycles. The van der Waals surface area contributed by atoms with E-state index in [1.807, 2.05) is 6.20 Å². The van der Waals surface area contributed by atoms with Gasteiger partial charge < -0.3 is 5.32 Å². The summed E-state index contributed by atoms with van der Waals surface area (Å²) in [4.78, 5) is 6.97. The van der Waals surface area contributed by atoms with Crippen LogP contribution in [0.4, 0.5) is 0 Å². The van der Waals surface area contributed by atoms with E-state index in [1.54, 1.807) is 0 Å². The maximum absolute atomic E-state index is 4.47. The lowest BCUT2D eigenvalue weighted by Crippen LogP contribution is -2.53. The van der Waals surface area contributed by atoms with Crippen LogP contribution in [0.5, 0.6) is 0 Å². The molecule has 3 heteroatoms. The van der Waals surface area contributed by atoms with E-state index in [4.69, 9.17) is 0 Å². The molecule has 1 aromatic heterocycles. The molecule has 0 spiro atoms. The van der Waals surface area contributed by atoms with Crippen molar-refractivity contribution >= 4 is 0 Å². The first-order valence-electron chi connectivity index (χ1n) is 6.04. The summed E-state index contributed by atoms with van der Waals surface area (Å²) in [6.07, 6.45) is 1.95. The Morgan fingerprint density at radius 3 is 2.94 bits per heavy atom. The van der Waals surface area contributed by atoms with Crippen LogP contribution in [0.15, 0.2) is 18.3 Å². The summed E-state index contributed by atoms with van der Waals surface area (Å²) in [6, 6.07) is 5.45. The Hall–Kier alpha value is -0.930. The number of aromatic nitrogens is 1. The number of hydrogen-bond donors (Lipinski definition) is 1. The van der Waals surface area contributed by atoms with Crippen LogP contribution in [0.1, 0.15) is 25.1 Å². The first kappa shape index (κ1) is 11.6. The minimum atomic E-state index is 0.585. The maximum Gasteiger partial charge on any atom is 0.0544 e. The van der Waals surface area contributed by atoms with Gasteiger partial charge in [0.25, 0.3) is 0 Å². The normalized spacial score (nSPS) is 26.9. The Labute approximate surface area is 97.9 Å². The van der Waals surface area contributed by atoms with Crippen LogP contribution in [0.2, 0.25) is 0 Å². The summed E-state index contributed by atoms with van der Waals surface area (Å²) >= 11 is 0. The molecule has 1 fully saturated rings. The highest BCUT2D eigenvalue weighted by atomic mass is 15.2. The minimum absolute atomic E-state index is 0.585. The van der Waals surface area contributed by atoms with Crippen molar-refractivity contribution in [2.75, 3.05) is 13.1 Å². The van der Waals surface area contributed by atoms with E-state index in [0.717, 1.165) is 19.6 Å². The van der Waals surface area contributed by atoms with Gasteiger partial charge in [-0.2, -0.15) is 0 Å². The second kappa shape index (κ2) is 4.93. The Balaban J connectivity index is 2.00. The lowest BCUT2D eigenvalue weighted by Gasteiger charge is -2.37. The number of hydrogen-bond acceptors (Lipinski definition) is 3. The third-order valence-electron chi connectivity index (χ3n) is 3.23. The lowest BCUT2D eigenvalue weighted by atomic mass is 10.1. The molecule has 2 atom stereocenters. The highest BCUT2D eigenvalue weighted by Gasteiger charge is 2.22. The van der Waals surface area contributed by atoms with Crippen molar-refractivity contribution < 1.29 is 0 Å². The van der Waals surface area contributed by atoms with Gasteiger partial charge in [0.15, 0.2) is 0 Å². The average Bonchev–Trinajstić information content (AvgIpc) is 2.27. The predicted octanol–water partition coefficient (Wildman–Crippen LogP) is 1.57. The van der Waals surface area contributed by atoms with Gasteiger partial charge in [0, 0.05) is 37.9 Å². The van der Waals surface area contributed by atoms with Gasteiger partial charge in [-0.1, -0.05) is 6.07 Å². The van der Waals surface area contributed by atoms with E-state index in [-0.39, 0.29) is 0 Å².